The molecule has 0 spiro atoms. The van der Waals surface area contributed by atoms with Crippen molar-refractivity contribution in [3.63, 3.8) is 0 Å². The number of benzene rings is 1. The summed E-state index contributed by atoms with van der Waals surface area (Å²) in [6.45, 7) is 7.61. The van der Waals surface area contributed by atoms with Crippen molar-refractivity contribution >= 4 is 0 Å². The zero-order valence-corrected chi connectivity index (χ0v) is 11.8. The Morgan fingerprint density at radius 2 is 2.06 bits per heavy atom. The molecular formula is C16H26N2. The minimum atomic E-state index is 0.532. The molecule has 0 aliphatic heterocycles. The number of aryl methyl sites for hydroxylation is 2. The Labute approximate surface area is 111 Å². The number of nitrogens with one attached hydrogen (secondary N) is 2. The Balaban J connectivity index is 1.76. The molecule has 2 heteroatoms. The molecule has 0 fully saturated rings. The van der Waals surface area contributed by atoms with Gasteiger partial charge in [-0.05, 0) is 55.8 Å². The van der Waals surface area contributed by atoms with E-state index in [4.69, 9.17) is 0 Å². The van der Waals surface area contributed by atoms with Crippen LogP contribution in [-0.4, -0.2) is 19.1 Å². The van der Waals surface area contributed by atoms with E-state index in [1.165, 1.54) is 31.2 Å². The maximum Gasteiger partial charge on any atom is 0.0208 e. The second-order valence-electron chi connectivity index (χ2n) is 5.44. The summed E-state index contributed by atoms with van der Waals surface area (Å²) in [5.74, 6) is 0. The van der Waals surface area contributed by atoms with Gasteiger partial charge in [0.2, 0.25) is 0 Å². The summed E-state index contributed by atoms with van der Waals surface area (Å²) in [6, 6.07) is 7.52. The summed E-state index contributed by atoms with van der Waals surface area (Å²) < 4.78 is 0. The van der Waals surface area contributed by atoms with Crippen LogP contribution in [0.5, 0.6) is 0 Å². The highest BCUT2D eigenvalue weighted by Gasteiger charge is 2.10. The van der Waals surface area contributed by atoms with Gasteiger partial charge in [0.15, 0.2) is 0 Å². The summed E-state index contributed by atoms with van der Waals surface area (Å²) in [7, 11) is 0. The SMILES string of the molecule is CCCNCC(C)NCc1ccc2c(c1)CCC2. The average Bonchev–Trinajstić information content (AvgIpc) is 2.84. The van der Waals surface area contributed by atoms with Crippen LogP contribution in [-0.2, 0) is 19.4 Å². The molecule has 0 amide bonds. The second kappa shape index (κ2) is 6.91. The highest BCUT2D eigenvalue weighted by molar-refractivity contribution is 5.35. The van der Waals surface area contributed by atoms with Crippen molar-refractivity contribution in [2.45, 2.75) is 52.1 Å². The van der Waals surface area contributed by atoms with Gasteiger partial charge in [-0.25, -0.2) is 0 Å². The lowest BCUT2D eigenvalue weighted by molar-refractivity contribution is 0.501. The Morgan fingerprint density at radius 3 is 2.89 bits per heavy atom. The van der Waals surface area contributed by atoms with E-state index in [2.05, 4.69) is 42.7 Å². The first kappa shape index (κ1) is 13.6. The van der Waals surface area contributed by atoms with Gasteiger partial charge in [-0.3, -0.25) is 0 Å². The van der Waals surface area contributed by atoms with Crippen molar-refractivity contribution < 1.29 is 0 Å². The van der Waals surface area contributed by atoms with Crippen LogP contribution in [0.1, 0.15) is 43.4 Å². The topological polar surface area (TPSA) is 24.1 Å². The average molecular weight is 246 g/mol. The van der Waals surface area contributed by atoms with Crippen molar-refractivity contribution in [2.24, 2.45) is 0 Å². The second-order valence-corrected chi connectivity index (χ2v) is 5.44. The predicted octanol–water partition coefficient (Wildman–Crippen LogP) is 2.65. The van der Waals surface area contributed by atoms with Gasteiger partial charge >= 0.3 is 0 Å². The highest BCUT2D eigenvalue weighted by atomic mass is 15.0. The number of rotatable bonds is 7. The molecule has 2 nitrogen and oxygen atoms in total. The minimum absolute atomic E-state index is 0.532. The van der Waals surface area contributed by atoms with Gasteiger partial charge in [-0.15, -0.1) is 0 Å². The van der Waals surface area contributed by atoms with Crippen LogP contribution < -0.4 is 10.6 Å². The third-order valence-corrected chi connectivity index (χ3v) is 3.69. The summed E-state index contributed by atoms with van der Waals surface area (Å²) in [6.07, 6.45) is 5.10. The molecule has 100 valence electrons. The zero-order chi connectivity index (χ0) is 12.8. The lowest BCUT2D eigenvalue weighted by Crippen LogP contribution is -2.36. The van der Waals surface area contributed by atoms with E-state index in [0.29, 0.717) is 6.04 Å². The van der Waals surface area contributed by atoms with E-state index in [1.54, 1.807) is 11.1 Å². The van der Waals surface area contributed by atoms with Crippen molar-refractivity contribution in [3.05, 3.63) is 34.9 Å². The van der Waals surface area contributed by atoms with Crippen LogP contribution in [0.4, 0.5) is 0 Å². The lowest BCUT2D eigenvalue weighted by atomic mass is 10.1. The fourth-order valence-electron chi connectivity index (χ4n) is 2.59. The monoisotopic (exact) mass is 246 g/mol. The Hall–Kier alpha value is -0.860. The van der Waals surface area contributed by atoms with Crippen molar-refractivity contribution in [3.8, 4) is 0 Å². The molecule has 1 aromatic carbocycles. The summed E-state index contributed by atoms with van der Waals surface area (Å²) >= 11 is 0. The van der Waals surface area contributed by atoms with Crippen molar-refractivity contribution in [1.82, 2.24) is 10.6 Å². The zero-order valence-electron chi connectivity index (χ0n) is 11.8. The fraction of sp³-hybridized carbons (Fsp3) is 0.625. The van der Waals surface area contributed by atoms with Crippen molar-refractivity contribution in [1.29, 1.82) is 0 Å². The Bertz CT molecular complexity index is 373. The molecule has 0 aromatic heterocycles. The first-order valence-corrected chi connectivity index (χ1v) is 7.34. The van der Waals surface area contributed by atoms with Gasteiger partial charge in [0.1, 0.15) is 0 Å². The Kier molecular flexibility index (Phi) is 5.21. The number of hydrogen-bond acceptors (Lipinski definition) is 2. The molecule has 0 bridgehead atoms. The molecular weight excluding hydrogens is 220 g/mol. The maximum absolute atomic E-state index is 3.59. The van der Waals surface area contributed by atoms with Gasteiger partial charge in [0.25, 0.3) is 0 Å². The van der Waals surface area contributed by atoms with Crippen molar-refractivity contribution in [2.75, 3.05) is 13.1 Å². The molecule has 0 radical (unpaired) electrons. The third kappa shape index (κ3) is 3.82. The van der Waals surface area contributed by atoms with Gasteiger partial charge in [0, 0.05) is 19.1 Å². The number of fused-ring (bicyclic) bond motifs is 1. The van der Waals surface area contributed by atoms with Crippen LogP contribution in [0.25, 0.3) is 0 Å². The molecule has 1 atom stereocenters. The van der Waals surface area contributed by atoms with E-state index in [9.17, 15) is 0 Å². The summed E-state index contributed by atoms with van der Waals surface area (Å²) in [5, 5.41) is 7.04. The molecule has 2 N–H and O–H groups in total. The molecule has 0 heterocycles. The van der Waals surface area contributed by atoms with E-state index in [0.717, 1.165) is 19.6 Å². The summed E-state index contributed by atoms with van der Waals surface area (Å²) in [4.78, 5) is 0. The van der Waals surface area contributed by atoms with Gasteiger partial charge < -0.3 is 10.6 Å². The highest BCUT2D eigenvalue weighted by Crippen LogP contribution is 2.22. The van der Waals surface area contributed by atoms with Crippen LogP contribution in [0.2, 0.25) is 0 Å². The fourth-order valence-corrected chi connectivity index (χ4v) is 2.59. The van der Waals surface area contributed by atoms with Crippen LogP contribution in [0.3, 0.4) is 0 Å². The first-order chi connectivity index (χ1) is 8.79. The summed E-state index contributed by atoms with van der Waals surface area (Å²) in [5.41, 5.74) is 4.57. The number of hydrogen-bond donors (Lipinski definition) is 2. The van der Waals surface area contributed by atoms with Crippen LogP contribution in [0.15, 0.2) is 18.2 Å². The van der Waals surface area contributed by atoms with E-state index < -0.39 is 0 Å². The van der Waals surface area contributed by atoms with Gasteiger partial charge in [-0.1, -0.05) is 25.1 Å². The molecule has 1 aliphatic rings. The molecule has 0 saturated heterocycles. The quantitative estimate of drug-likeness (QED) is 0.723. The maximum atomic E-state index is 3.59. The van der Waals surface area contributed by atoms with E-state index in [1.807, 2.05) is 0 Å². The minimum Gasteiger partial charge on any atom is -0.315 e. The molecule has 1 aromatic rings. The lowest BCUT2D eigenvalue weighted by Gasteiger charge is -2.15. The standard InChI is InChI=1S/C16H26N2/c1-3-9-17-11-13(2)18-12-14-7-8-15-5-4-6-16(15)10-14/h7-8,10,13,17-18H,3-6,9,11-12H2,1-2H3. The Morgan fingerprint density at radius 1 is 1.22 bits per heavy atom. The van der Waals surface area contributed by atoms with Crippen LogP contribution >= 0.6 is 0 Å². The third-order valence-electron chi connectivity index (χ3n) is 3.69. The van der Waals surface area contributed by atoms with E-state index >= 15 is 0 Å². The smallest absolute Gasteiger partial charge is 0.0208 e. The first-order valence-electron chi connectivity index (χ1n) is 7.34. The largest absolute Gasteiger partial charge is 0.315 e. The van der Waals surface area contributed by atoms with Gasteiger partial charge in [0.05, 0.1) is 0 Å². The molecule has 1 aliphatic carbocycles. The molecule has 1 unspecified atom stereocenters. The molecule has 18 heavy (non-hydrogen) atoms. The predicted molar refractivity (Wildman–Crippen MR) is 77.9 cm³/mol. The van der Waals surface area contributed by atoms with Crippen LogP contribution in [0, 0.1) is 0 Å². The molecule has 2 rings (SSSR count). The normalized spacial score (nSPS) is 15.7. The molecule has 0 saturated carbocycles. The van der Waals surface area contributed by atoms with Gasteiger partial charge in [-0.2, -0.15) is 0 Å². The van der Waals surface area contributed by atoms with E-state index in [-0.39, 0.29) is 0 Å².